The number of carbonyl (C=O) groups is 3. The Bertz CT molecular complexity index is 976. The van der Waals surface area contributed by atoms with Crippen molar-refractivity contribution in [2.45, 2.75) is 6.92 Å². The molecule has 7 heteroatoms. The van der Waals surface area contributed by atoms with E-state index >= 15 is 0 Å². The summed E-state index contributed by atoms with van der Waals surface area (Å²) in [7, 11) is 1.49. The Morgan fingerprint density at radius 3 is 2.09 bits per heavy atom. The maximum Gasteiger partial charge on any atom is 2.00 e. The number of hydrogen-bond donors (Lipinski definition) is 1. The molecule has 0 atom stereocenters. The number of esters is 1. The Morgan fingerprint density at radius 2 is 1.46 bits per heavy atom. The molecule has 2 saturated carbocycles. The third-order valence-electron chi connectivity index (χ3n) is 5.15. The molecule has 2 aliphatic rings. The summed E-state index contributed by atoms with van der Waals surface area (Å²) >= 11 is 0. The average molecular weight is 512 g/mol. The average Bonchev–Trinajstić information content (AvgIpc) is 3.59. The van der Waals surface area contributed by atoms with Crippen LogP contribution in [0.2, 0.25) is 0 Å². The number of amides is 2. The van der Waals surface area contributed by atoms with E-state index in [1.54, 1.807) is 19.1 Å². The predicted octanol–water partition coefficient (Wildman–Crippen LogP) is 3.36. The molecular weight excluding hydrogens is 484 g/mol. The molecule has 2 fully saturated rings. The van der Waals surface area contributed by atoms with Gasteiger partial charge in [-0.2, -0.15) is 0 Å². The molecule has 0 saturated heterocycles. The standard InChI is InChI=1S/C23H23N2O4.C5H5.Fe/c1-3-29-22(27)15-25(2)21(26)14-24-23(28)20-11-10-18-12-17(8-9-19(18)13-20)16-6-4-5-7-16;1-2-4-5-3-1;/h4-13H,3,14-15H2,1-2H3,(H,24,28);1-5H;/q;;+2. The molecule has 0 aromatic heterocycles. The van der Waals surface area contributed by atoms with Gasteiger partial charge in [0.1, 0.15) is 6.54 Å². The summed E-state index contributed by atoms with van der Waals surface area (Å²) in [5, 5.41) is 4.58. The van der Waals surface area contributed by atoms with Crippen LogP contribution in [-0.4, -0.2) is 49.4 Å². The molecule has 2 aromatic carbocycles. The molecule has 2 amide bonds. The van der Waals surface area contributed by atoms with E-state index in [0.717, 1.165) is 22.3 Å². The van der Waals surface area contributed by atoms with Crippen LogP contribution in [0.4, 0.5) is 0 Å². The van der Waals surface area contributed by atoms with Crippen molar-refractivity contribution >= 4 is 28.6 Å². The first kappa shape index (κ1) is 28.9. The Hall–Kier alpha value is -2.37. The van der Waals surface area contributed by atoms with Gasteiger partial charge in [0, 0.05) is 18.5 Å². The number of benzene rings is 2. The summed E-state index contributed by atoms with van der Waals surface area (Å²) in [4.78, 5) is 37.2. The van der Waals surface area contributed by atoms with E-state index in [-0.39, 0.29) is 48.6 Å². The summed E-state index contributed by atoms with van der Waals surface area (Å²) in [5.74, 6) is -0.0408. The van der Waals surface area contributed by atoms with Crippen molar-refractivity contribution in [3.8, 4) is 0 Å². The first-order chi connectivity index (χ1) is 16.5. The van der Waals surface area contributed by atoms with Crippen LogP contribution in [0.1, 0.15) is 22.8 Å². The fourth-order valence-electron chi connectivity index (χ4n) is 3.34. The van der Waals surface area contributed by atoms with Crippen LogP contribution in [-0.2, 0) is 31.4 Å². The molecule has 0 spiro atoms. The molecule has 0 unspecified atom stereocenters. The van der Waals surface area contributed by atoms with E-state index in [1.807, 2.05) is 63.1 Å². The number of ether oxygens (including phenoxy) is 1. The maximum atomic E-state index is 12.4. The number of likely N-dealkylation sites (N-methyl/N-ethyl adjacent to an activating group) is 1. The molecule has 1 N–H and O–H groups in total. The maximum absolute atomic E-state index is 12.4. The van der Waals surface area contributed by atoms with Gasteiger partial charge in [-0.15, -0.1) is 0 Å². The van der Waals surface area contributed by atoms with Crippen LogP contribution in [0, 0.1) is 63.7 Å². The first-order valence-corrected chi connectivity index (χ1v) is 11.1. The molecule has 2 aliphatic carbocycles. The van der Waals surface area contributed by atoms with Gasteiger partial charge in [0.15, 0.2) is 0 Å². The first-order valence-electron chi connectivity index (χ1n) is 11.1. The van der Waals surface area contributed by atoms with Crippen molar-refractivity contribution in [3.05, 3.63) is 111 Å². The van der Waals surface area contributed by atoms with Crippen LogP contribution < -0.4 is 5.32 Å². The smallest absolute Gasteiger partial charge is 0.465 e. The Morgan fingerprint density at radius 1 is 0.857 bits per heavy atom. The van der Waals surface area contributed by atoms with E-state index in [4.69, 9.17) is 4.74 Å². The van der Waals surface area contributed by atoms with E-state index in [2.05, 4.69) is 24.2 Å². The summed E-state index contributed by atoms with van der Waals surface area (Å²) in [6.45, 7) is 1.62. The zero-order valence-electron chi connectivity index (χ0n) is 19.7. The zero-order valence-corrected chi connectivity index (χ0v) is 20.8. The fourth-order valence-corrected chi connectivity index (χ4v) is 3.34. The van der Waals surface area contributed by atoms with Gasteiger partial charge in [-0.1, -0.05) is 24.3 Å². The van der Waals surface area contributed by atoms with Gasteiger partial charge in [-0.3, -0.25) is 14.4 Å². The molecular formula is C28H28FeN2O4+2. The summed E-state index contributed by atoms with van der Waals surface area (Å²) in [6, 6.07) is 11.5. The Balaban J connectivity index is 0.000000640. The van der Waals surface area contributed by atoms with E-state index in [1.165, 1.54) is 11.9 Å². The topological polar surface area (TPSA) is 75.7 Å². The molecule has 35 heavy (non-hydrogen) atoms. The second-order valence-corrected chi connectivity index (χ2v) is 7.65. The summed E-state index contributed by atoms with van der Waals surface area (Å²) in [5.41, 5.74) is 1.59. The Labute approximate surface area is 219 Å². The summed E-state index contributed by atoms with van der Waals surface area (Å²) < 4.78 is 4.81. The predicted molar refractivity (Wildman–Crippen MR) is 132 cm³/mol. The van der Waals surface area contributed by atoms with Crippen LogP contribution in [0.15, 0.2) is 36.4 Å². The number of rotatable bonds is 7. The van der Waals surface area contributed by atoms with Crippen molar-refractivity contribution in [2.24, 2.45) is 0 Å². The quantitative estimate of drug-likeness (QED) is 0.456. The Kier molecular flexibility index (Phi) is 12.3. The number of nitrogens with one attached hydrogen (secondary N) is 1. The van der Waals surface area contributed by atoms with Crippen LogP contribution in [0.25, 0.3) is 10.8 Å². The monoisotopic (exact) mass is 512 g/mol. The van der Waals surface area contributed by atoms with Crippen molar-refractivity contribution in [3.63, 3.8) is 0 Å². The van der Waals surface area contributed by atoms with Crippen molar-refractivity contribution < 1.29 is 36.2 Å². The van der Waals surface area contributed by atoms with Crippen molar-refractivity contribution in [1.29, 1.82) is 0 Å². The second-order valence-electron chi connectivity index (χ2n) is 7.65. The minimum Gasteiger partial charge on any atom is -0.465 e. The van der Waals surface area contributed by atoms with Crippen molar-refractivity contribution in [1.82, 2.24) is 10.2 Å². The molecule has 0 bridgehead atoms. The SMILES string of the molecule is CCOC(=O)CN(C)C(=O)CNC(=O)c1ccc2cc([C]3[CH][CH][CH][CH]3)ccc2c1.[CH]1[CH][CH][CH][CH]1.[Fe+2]. The fraction of sp³-hybridized carbons (Fsp3) is 0.179. The minimum atomic E-state index is -0.481. The molecule has 2 aromatic rings. The van der Waals surface area contributed by atoms with Gasteiger partial charge in [-0.05, 0) is 93.2 Å². The van der Waals surface area contributed by atoms with E-state index < -0.39 is 5.97 Å². The number of nitrogens with zero attached hydrogens (tertiary/aromatic N) is 1. The third kappa shape index (κ3) is 8.97. The molecule has 6 nitrogen and oxygen atoms in total. The second kappa shape index (κ2) is 14.9. The third-order valence-corrected chi connectivity index (χ3v) is 5.15. The molecule has 180 valence electrons. The van der Waals surface area contributed by atoms with Gasteiger partial charge in [0.05, 0.1) is 13.2 Å². The van der Waals surface area contributed by atoms with E-state index in [0.29, 0.717) is 5.56 Å². The number of fused-ring (bicyclic) bond motifs is 1. The minimum absolute atomic E-state index is 0. The van der Waals surface area contributed by atoms with Crippen molar-refractivity contribution in [2.75, 3.05) is 26.7 Å². The zero-order chi connectivity index (χ0) is 24.3. The largest absolute Gasteiger partial charge is 2.00 e. The van der Waals surface area contributed by atoms with Gasteiger partial charge in [0.2, 0.25) is 5.91 Å². The molecule has 0 heterocycles. The van der Waals surface area contributed by atoms with Gasteiger partial charge in [-0.25, -0.2) is 0 Å². The van der Waals surface area contributed by atoms with Gasteiger partial charge in [0.25, 0.3) is 5.91 Å². The summed E-state index contributed by atoms with van der Waals surface area (Å²) in [6.07, 6.45) is 18.1. The normalized spacial score (nSPS) is 15.0. The molecule has 10 radical (unpaired) electrons. The van der Waals surface area contributed by atoms with Gasteiger partial charge >= 0.3 is 23.0 Å². The molecule has 4 rings (SSSR count). The van der Waals surface area contributed by atoms with E-state index in [9.17, 15) is 14.4 Å². The molecule has 0 aliphatic heterocycles. The van der Waals surface area contributed by atoms with Crippen LogP contribution in [0.3, 0.4) is 0 Å². The number of carbonyl (C=O) groups excluding carboxylic acids is 3. The number of hydrogen-bond acceptors (Lipinski definition) is 4. The van der Waals surface area contributed by atoms with Crippen LogP contribution in [0.5, 0.6) is 0 Å². The van der Waals surface area contributed by atoms with Crippen LogP contribution >= 0.6 is 0 Å². The van der Waals surface area contributed by atoms with Gasteiger partial charge < -0.3 is 15.0 Å².